The van der Waals surface area contributed by atoms with Gasteiger partial charge in [0, 0.05) is 6.54 Å². The summed E-state index contributed by atoms with van der Waals surface area (Å²) in [5.74, 6) is 0.0518. The molecule has 3 nitrogen and oxygen atoms in total. The molecule has 0 amide bonds. The first-order chi connectivity index (χ1) is 11.4. The summed E-state index contributed by atoms with van der Waals surface area (Å²) in [6.07, 6.45) is 1.57. The third-order valence-corrected chi connectivity index (χ3v) is 6.53. The van der Waals surface area contributed by atoms with Crippen LogP contribution in [0.4, 0.5) is 4.39 Å². The first-order valence-electron chi connectivity index (χ1n) is 8.27. The number of hydrogen-bond acceptors (Lipinski definition) is 2. The van der Waals surface area contributed by atoms with Crippen molar-refractivity contribution in [2.45, 2.75) is 43.5 Å². The Kier molecular flexibility index (Phi) is 4.74. The first-order valence-corrected chi connectivity index (χ1v) is 9.71. The fraction of sp³-hybridized carbons (Fsp3) is 0.368. The maximum Gasteiger partial charge on any atom is 0.243 e. The lowest BCUT2D eigenvalue weighted by atomic mass is 10.0. The summed E-state index contributed by atoms with van der Waals surface area (Å²) < 4.78 is 40.7. The third kappa shape index (κ3) is 3.23. The number of hydrogen-bond donors (Lipinski definition) is 0. The summed E-state index contributed by atoms with van der Waals surface area (Å²) in [6, 6.07) is 13.0. The van der Waals surface area contributed by atoms with E-state index in [1.165, 1.54) is 12.1 Å². The van der Waals surface area contributed by atoms with Crippen LogP contribution in [0.1, 0.15) is 49.8 Å². The highest BCUT2D eigenvalue weighted by Crippen LogP contribution is 2.36. The number of rotatable bonds is 4. The van der Waals surface area contributed by atoms with Crippen LogP contribution in [0.15, 0.2) is 53.4 Å². The molecule has 2 aromatic rings. The summed E-state index contributed by atoms with van der Waals surface area (Å²) in [7, 11) is -3.55. The molecule has 1 aliphatic heterocycles. The molecule has 3 rings (SSSR count). The maximum absolute atomic E-state index is 13.1. The van der Waals surface area contributed by atoms with Gasteiger partial charge in [-0.15, -0.1) is 0 Å². The Morgan fingerprint density at radius 3 is 2.25 bits per heavy atom. The van der Waals surface area contributed by atoms with Crippen LogP contribution in [0.2, 0.25) is 0 Å². The zero-order valence-electron chi connectivity index (χ0n) is 13.9. The largest absolute Gasteiger partial charge is 0.243 e. The van der Waals surface area contributed by atoms with E-state index >= 15 is 0 Å². The Bertz CT molecular complexity index is 798. The van der Waals surface area contributed by atoms with Gasteiger partial charge in [-0.2, -0.15) is 4.31 Å². The topological polar surface area (TPSA) is 37.4 Å². The molecule has 1 heterocycles. The number of sulfonamides is 1. The number of benzene rings is 2. The predicted molar refractivity (Wildman–Crippen MR) is 92.8 cm³/mol. The monoisotopic (exact) mass is 347 g/mol. The van der Waals surface area contributed by atoms with Crippen molar-refractivity contribution in [2.24, 2.45) is 0 Å². The molecule has 0 unspecified atom stereocenters. The standard InChI is InChI=1S/C19H22FNO2S/c1-14(2)15-7-11-18(12-8-15)24(22,23)21-13-3-4-19(21)16-5-9-17(20)10-6-16/h5-12,14,19H,3-4,13H2,1-2H3/t19-/m1/s1. The second-order valence-electron chi connectivity index (χ2n) is 6.55. The van der Waals surface area contributed by atoms with Crippen LogP contribution < -0.4 is 0 Å². The quantitative estimate of drug-likeness (QED) is 0.818. The molecular weight excluding hydrogens is 325 g/mol. The summed E-state index contributed by atoms with van der Waals surface area (Å²) in [5, 5.41) is 0. The molecule has 24 heavy (non-hydrogen) atoms. The van der Waals surface area contributed by atoms with E-state index < -0.39 is 10.0 Å². The lowest BCUT2D eigenvalue weighted by molar-refractivity contribution is 0.396. The van der Waals surface area contributed by atoms with Gasteiger partial charge in [-0.1, -0.05) is 38.1 Å². The molecule has 0 bridgehead atoms. The average Bonchev–Trinajstić information content (AvgIpc) is 3.06. The zero-order valence-corrected chi connectivity index (χ0v) is 14.8. The van der Waals surface area contributed by atoms with Crippen LogP contribution in [0.25, 0.3) is 0 Å². The average molecular weight is 347 g/mol. The molecule has 1 fully saturated rings. The van der Waals surface area contributed by atoms with E-state index in [1.807, 2.05) is 12.1 Å². The highest BCUT2D eigenvalue weighted by Gasteiger charge is 2.36. The van der Waals surface area contributed by atoms with Gasteiger partial charge in [0.2, 0.25) is 10.0 Å². The van der Waals surface area contributed by atoms with E-state index in [0.717, 1.165) is 24.0 Å². The minimum Gasteiger partial charge on any atom is -0.207 e. The highest BCUT2D eigenvalue weighted by molar-refractivity contribution is 7.89. The Morgan fingerprint density at radius 2 is 1.67 bits per heavy atom. The van der Waals surface area contributed by atoms with E-state index in [4.69, 9.17) is 0 Å². The second kappa shape index (κ2) is 6.65. The molecule has 1 aliphatic rings. The fourth-order valence-corrected chi connectivity index (χ4v) is 4.89. The fourth-order valence-electron chi connectivity index (χ4n) is 3.21. The van der Waals surface area contributed by atoms with Crippen molar-refractivity contribution < 1.29 is 12.8 Å². The van der Waals surface area contributed by atoms with Crippen LogP contribution in [0.3, 0.4) is 0 Å². The van der Waals surface area contributed by atoms with E-state index in [9.17, 15) is 12.8 Å². The molecule has 0 aliphatic carbocycles. The summed E-state index contributed by atoms with van der Waals surface area (Å²) in [6.45, 7) is 4.65. The number of halogens is 1. The van der Waals surface area contributed by atoms with Crippen molar-refractivity contribution in [1.82, 2.24) is 4.31 Å². The van der Waals surface area contributed by atoms with Crippen molar-refractivity contribution in [3.05, 3.63) is 65.5 Å². The van der Waals surface area contributed by atoms with Gasteiger partial charge < -0.3 is 0 Å². The molecule has 1 saturated heterocycles. The van der Waals surface area contributed by atoms with Crippen molar-refractivity contribution in [3.63, 3.8) is 0 Å². The maximum atomic E-state index is 13.1. The Balaban J connectivity index is 1.91. The molecule has 0 aromatic heterocycles. The van der Waals surface area contributed by atoms with E-state index in [2.05, 4.69) is 13.8 Å². The summed E-state index contributed by atoms with van der Waals surface area (Å²) >= 11 is 0. The normalized spacial score (nSPS) is 19.1. The molecule has 0 N–H and O–H groups in total. The van der Waals surface area contributed by atoms with Crippen molar-refractivity contribution in [3.8, 4) is 0 Å². The van der Waals surface area contributed by atoms with Crippen LogP contribution in [0.5, 0.6) is 0 Å². The van der Waals surface area contributed by atoms with Crippen LogP contribution >= 0.6 is 0 Å². The molecule has 0 spiro atoms. The molecule has 128 valence electrons. The molecular formula is C19H22FNO2S. The Labute approximate surface area is 143 Å². The van der Waals surface area contributed by atoms with Crippen molar-refractivity contribution >= 4 is 10.0 Å². The van der Waals surface area contributed by atoms with Crippen LogP contribution in [-0.4, -0.2) is 19.3 Å². The minimum absolute atomic E-state index is 0.222. The van der Waals surface area contributed by atoms with Gasteiger partial charge in [0.1, 0.15) is 5.82 Å². The van der Waals surface area contributed by atoms with Gasteiger partial charge in [0.15, 0.2) is 0 Å². The van der Waals surface area contributed by atoms with E-state index in [-0.39, 0.29) is 11.9 Å². The van der Waals surface area contributed by atoms with Gasteiger partial charge in [-0.3, -0.25) is 0 Å². The van der Waals surface area contributed by atoms with Gasteiger partial charge in [-0.25, -0.2) is 12.8 Å². The van der Waals surface area contributed by atoms with E-state index in [1.54, 1.807) is 28.6 Å². The predicted octanol–water partition coefficient (Wildman–Crippen LogP) is 4.47. The van der Waals surface area contributed by atoms with Gasteiger partial charge in [-0.05, 0) is 54.2 Å². The van der Waals surface area contributed by atoms with Gasteiger partial charge >= 0.3 is 0 Å². The Morgan fingerprint density at radius 1 is 1.04 bits per heavy atom. The van der Waals surface area contributed by atoms with Crippen molar-refractivity contribution in [1.29, 1.82) is 0 Å². The van der Waals surface area contributed by atoms with Gasteiger partial charge in [0.25, 0.3) is 0 Å². The smallest absolute Gasteiger partial charge is 0.207 e. The molecule has 0 radical (unpaired) electrons. The van der Waals surface area contributed by atoms with Crippen molar-refractivity contribution in [2.75, 3.05) is 6.54 Å². The number of nitrogens with zero attached hydrogens (tertiary/aromatic N) is 1. The highest BCUT2D eigenvalue weighted by atomic mass is 32.2. The van der Waals surface area contributed by atoms with Gasteiger partial charge in [0.05, 0.1) is 10.9 Å². The SMILES string of the molecule is CC(C)c1ccc(S(=O)(=O)N2CCC[C@@H]2c2ccc(F)cc2)cc1. The summed E-state index contributed by atoms with van der Waals surface area (Å²) in [5.41, 5.74) is 1.96. The lowest BCUT2D eigenvalue weighted by Gasteiger charge is -2.24. The summed E-state index contributed by atoms with van der Waals surface area (Å²) in [4.78, 5) is 0.320. The minimum atomic E-state index is -3.55. The van der Waals surface area contributed by atoms with Crippen LogP contribution in [-0.2, 0) is 10.0 Å². The zero-order chi connectivity index (χ0) is 17.3. The molecule has 1 atom stereocenters. The molecule has 2 aromatic carbocycles. The lowest BCUT2D eigenvalue weighted by Crippen LogP contribution is -2.30. The molecule has 5 heteroatoms. The Hall–Kier alpha value is -1.72. The van der Waals surface area contributed by atoms with Crippen LogP contribution in [0, 0.1) is 5.82 Å². The third-order valence-electron chi connectivity index (χ3n) is 4.61. The van der Waals surface area contributed by atoms with E-state index in [0.29, 0.717) is 17.4 Å². The second-order valence-corrected chi connectivity index (χ2v) is 8.44. The first kappa shape index (κ1) is 17.1. The molecule has 0 saturated carbocycles.